The van der Waals surface area contributed by atoms with Gasteiger partial charge in [0, 0.05) is 29.8 Å². The lowest BCUT2D eigenvalue weighted by molar-refractivity contribution is -0.144. The summed E-state index contributed by atoms with van der Waals surface area (Å²) in [5, 5.41) is 3.01. The second-order valence-corrected chi connectivity index (χ2v) is 4.94. The summed E-state index contributed by atoms with van der Waals surface area (Å²) >= 11 is 0. The molecule has 2 heterocycles. The highest BCUT2D eigenvalue weighted by Gasteiger charge is 2.50. The van der Waals surface area contributed by atoms with E-state index in [4.69, 9.17) is 4.74 Å². The zero-order valence-corrected chi connectivity index (χ0v) is 11.1. The molecule has 3 rings (SSSR count). The second-order valence-electron chi connectivity index (χ2n) is 4.94. The molecule has 1 saturated heterocycles. The first-order valence-electron chi connectivity index (χ1n) is 6.33. The van der Waals surface area contributed by atoms with Crippen molar-refractivity contribution in [2.45, 2.75) is 25.0 Å². The molecule has 106 valence electrons. The first-order valence-corrected chi connectivity index (χ1v) is 6.33. The number of ether oxygens (including phenoxy) is 1. The summed E-state index contributed by atoms with van der Waals surface area (Å²) in [6.07, 6.45) is 2.64. The summed E-state index contributed by atoms with van der Waals surface area (Å²) in [5.74, 6) is -2.43. The number of hydrogen-bond acceptors (Lipinski definition) is 3. The van der Waals surface area contributed by atoms with E-state index < -0.39 is 11.6 Å². The Morgan fingerprint density at radius 2 is 2.05 bits per heavy atom. The fourth-order valence-electron chi connectivity index (χ4n) is 2.98. The zero-order valence-electron chi connectivity index (χ0n) is 11.1. The van der Waals surface area contributed by atoms with Gasteiger partial charge in [0.15, 0.2) is 11.6 Å². The number of benzene rings is 1. The van der Waals surface area contributed by atoms with Crippen LogP contribution in [-0.2, 0) is 4.79 Å². The van der Waals surface area contributed by atoms with Gasteiger partial charge in [-0.1, -0.05) is 6.07 Å². The molecule has 1 fully saturated rings. The number of methoxy groups -OCH3 is 1. The van der Waals surface area contributed by atoms with Gasteiger partial charge in [0.05, 0.1) is 7.11 Å². The number of carbonyl (C=O) groups excluding carboxylic acids is 1. The Bertz CT molecular complexity index is 603. The zero-order chi connectivity index (χ0) is 14.4. The molecule has 1 aromatic carbocycles. The van der Waals surface area contributed by atoms with Crippen LogP contribution in [0.2, 0.25) is 0 Å². The maximum Gasteiger partial charge on any atom is 0.249 e. The molecule has 3 unspecified atom stereocenters. The quantitative estimate of drug-likeness (QED) is 0.897. The van der Waals surface area contributed by atoms with Gasteiger partial charge in [-0.3, -0.25) is 4.79 Å². The number of carbonyl (C=O) groups is 1. The summed E-state index contributed by atoms with van der Waals surface area (Å²) in [6, 6.07) is 2.73. The Morgan fingerprint density at radius 1 is 1.30 bits per heavy atom. The molecule has 1 aromatic rings. The second kappa shape index (κ2) is 4.47. The molecular weight excluding hydrogens is 266 g/mol. The SMILES string of the molecule is COc1ccc(C2C(C)N3C(=O)C=CNC23)c(F)c1F. The van der Waals surface area contributed by atoms with Crippen LogP contribution in [0.1, 0.15) is 18.4 Å². The molecule has 0 aromatic heterocycles. The number of hydrogen-bond donors (Lipinski definition) is 1. The van der Waals surface area contributed by atoms with Crippen LogP contribution < -0.4 is 10.1 Å². The molecule has 0 aliphatic carbocycles. The molecule has 0 radical (unpaired) electrons. The maximum absolute atomic E-state index is 14.1. The van der Waals surface area contributed by atoms with Crippen molar-refractivity contribution < 1.29 is 18.3 Å². The van der Waals surface area contributed by atoms with Crippen LogP contribution in [-0.4, -0.2) is 30.1 Å². The van der Waals surface area contributed by atoms with Crippen molar-refractivity contribution in [3.05, 3.63) is 41.6 Å². The van der Waals surface area contributed by atoms with Crippen molar-refractivity contribution >= 4 is 5.91 Å². The van der Waals surface area contributed by atoms with Crippen LogP contribution in [0.5, 0.6) is 5.75 Å². The van der Waals surface area contributed by atoms with E-state index in [1.54, 1.807) is 11.1 Å². The van der Waals surface area contributed by atoms with Gasteiger partial charge in [-0.05, 0) is 13.0 Å². The van der Waals surface area contributed by atoms with Gasteiger partial charge < -0.3 is 15.0 Å². The number of amides is 1. The molecule has 0 bridgehead atoms. The largest absolute Gasteiger partial charge is 0.494 e. The van der Waals surface area contributed by atoms with Crippen molar-refractivity contribution in [3.63, 3.8) is 0 Å². The van der Waals surface area contributed by atoms with E-state index in [-0.39, 0.29) is 35.3 Å². The highest BCUT2D eigenvalue weighted by molar-refractivity contribution is 5.90. The topological polar surface area (TPSA) is 41.6 Å². The molecular formula is C14H14F2N2O2. The number of halogens is 2. The fraction of sp³-hybridized carbons (Fsp3) is 0.357. The Kier molecular flexibility index (Phi) is 2.88. The van der Waals surface area contributed by atoms with Crippen molar-refractivity contribution in [2.75, 3.05) is 7.11 Å². The lowest BCUT2D eigenvalue weighted by atomic mass is 9.78. The Morgan fingerprint density at radius 3 is 2.75 bits per heavy atom. The van der Waals surface area contributed by atoms with Crippen molar-refractivity contribution in [3.8, 4) is 5.75 Å². The predicted molar refractivity (Wildman–Crippen MR) is 68.0 cm³/mol. The highest BCUT2D eigenvalue weighted by atomic mass is 19.2. The molecule has 1 N–H and O–H groups in total. The molecule has 0 saturated carbocycles. The molecule has 1 amide bonds. The highest BCUT2D eigenvalue weighted by Crippen LogP contribution is 2.42. The van der Waals surface area contributed by atoms with Crippen LogP contribution in [0.15, 0.2) is 24.4 Å². The Balaban J connectivity index is 1.97. The first-order chi connectivity index (χ1) is 9.56. The molecule has 2 aliphatic heterocycles. The van der Waals surface area contributed by atoms with Gasteiger partial charge in [0.1, 0.15) is 6.17 Å². The summed E-state index contributed by atoms with van der Waals surface area (Å²) in [4.78, 5) is 13.3. The molecule has 3 atom stereocenters. The van der Waals surface area contributed by atoms with E-state index in [9.17, 15) is 13.6 Å². The molecule has 6 heteroatoms. The lowest BCUT2D eigenvalue weighted by Crippen LogP contribution is -2.69. The minimum atomic E-state index is -0.992. The van der Waals surface area contributed by atoms with Gasteiger partial charge in [0.2, 0.25) is 11.7 Å². The van der Waals surface area contributed by atoms with Crippen LogP contribution in [0.4, 0.5) is 8.78 Å². The first kappa shape index (κ1) is 12.9. The summed E-state index contributed by atoms with van der Waals surface area (Å²) in [6.45, 7) is 1.82. The Labute approximate surface area is 115 Å². The predicted octanol–water partition coefficient (Wildman–Crippen LogP) is 1.73. The van der Waals surface area contributed by atoms with Crippen LogP contribution in [0.25, 0.3) is 0 Å². The lowest BCUT2D eigenvalue weighted by Gasteiger charge is -2.55. The number of nitrogens with one attached hydrogen (secondary N) is 1. The summed E-state index contributed by atoms with van der Waals surface area (Å²) in [7, 11) is 1.29. The summed E-state index contributed by atoms with van der Waals surface area (Å²) in [5.41, 5.74) is 0.257. The van der Waals surface area contributed by atoms with E-state index >= 15 is 0 Å². The van der Waals surface area contributed by atoms with Crippen LogP contribution in [0.3, 0.4) is 0 Å². The normalized spacial score (nSPS) is 27.7. The van der Waals surface area contributed by atoms with Crippen LogP contribution in [0, 0.1) is 11.6 Å². The van der Waals surface area contributed by atoms with E-state index in [1.807, 2.05) is 6.92 Å². The van der Waals surface area contributed by atoms with Gasteiger partial charge in [-0.15, -0.1) is 0 Å². The third-order valence-electron chi connectivity index (χ3n) is 4.00. The average molecular weight is 280 g/mol. The van der Waals surface area contributed by atoms with E-state index in [2.05, 4.69) is 5.32 Å². The van der Waals surface area contributed by atoms with Crippen molar-refractivity contribution in [1.82, 2.24) is 10.2 Å². The number of rotatable bonds is 2. The molecule has 2 aliphatic rings. The van der Waals surface area contributed by atoms with Crippen molar-refractivity contribution in [1.29, 1.82) is 0 Å². The number of fused-ring (bicyclic) bond motifs is 1. The van der Waals surface area contributed by atoms with Gasteiger partial charge in [0.25, 0.3) is 0 Å². The smallest absolute Gasteiger partial charge is 0.249 e. The Hall–Kier alpha value is -2.11. The summed E-state index contributed by atoms with van der Waals surface area (Å²) < 4.78 is 32.7. The molecule has 20 heavy (non-hydrogen) atoms. The maximum atomic E-state index is 14.1. The third-order valence-corrected chi connectivity index (χ3v) is 4.00. The minimum absolute atomic E-state index is 0.119. The molecule has 4 nitrogen and oxygen atoms in total. The van der Waals surface area contributed by atoms with E-state index in [1.165, 1.54) is 25.3 Å². The van der Waals surface area contributed by atoms with Gasteiger partial charge >= 0.3 is 0 Å². The average Bonchev–Trinajstić information content (AvgIpc) is 2.43. The number of nitrogens with zero attached hydrogens (tertiary/aromatic N) is 1. The minimum Gasteiger partial charge on any atom is -0.494 e. The van der Waals surface area contributed by atoms with Crippen molar-refractivity contribution in [2.24, 2.45) is 0 Å². The van der Waals surface area contributed by atoms with Gasteiger partial charge in [-0.2, -0.15) is 4.39 Å². The monoisotopic (exact) mass is 280 g/mol. The third kappa shape index (κ3) is 1.60. The standard InChI is InChI=1S/C14H14F2N2O2/c1-7-11(14-17-6-5-10(19)18(7)14)8-3-4-9(20-2)13(16)12(8)15/h3-7,11,14,17H,1-2H3. The molecule has 0 spiro atoms. The van der Waals surface area contributed by atoms with Gasteiger partial charge in [-0.25, -0.2) is 4.39 Å². The fourth-order valence-corrected chi connectivity index (χ4v) is 2.98. The van der Waals surface area contributed by atoms with E-state index in [0.29, 0.717) is 0 Å². The van der Waals surface area contributed by atoms with Crippen LogP contribution >= 0.6 is 0 Å². The van der Waals surface area contributed by atoms with E-state index in [0.717, 1.165) is 0 Å².